The second-order valence-electron chi connectivity index (χ2n) is 5.67. The molecule has 1 unspecified atom stereocenters. The van der Waals surface area contributed by atoms with E-state index in [0.29, 0.717) is 17.5 Å². The van der Waals surface area contributed by atoms with E-state index in [4.69, 9.17) is 4.74 Å². The van der Waals surface area contributed by atoms with Crippen molar-refractivity contribution >= 4 is 17.3 Å². The minimum atomic E-state index is -4.42. The number of nitrogens with zero attached hydrogens (tertiary/aromatic N) is 2. The van der Waals surface area contributed by atoms with Crippen molar-refractivity contribution in [3.05, 3.63) is 45.9 Å². The van der Waals surface area contributed by atoms with E-state index in [9.17, 15) is 13.2 Å². The maximum atomic E-state index is 12.6. The molecule has 0 saturated carbocycles. The highest BCUT2D eigenvalue weighted by molar-refractivity contribution is 7.09. The SMILES string of the molecule is CN=C(NCc1nc(C(F)(F)F)cs1)NCC(C)Oc1ccc(C)cc1. The van der Waals surface area contributed by atoms with Crippen LogP contribution in [0.4, 0.5) is 13.2 Å². The van der Waals surface area contributed by atoms with Gasteiger partial charge in [0.15, 0.2) is 11.7 Å². The Bertz CT molecular complexity index is 728. The van der Waals surface area contributed by atoms with Gasteiger partial charge in [0.05, 0.1) is 13.1 Å². The molecule has 2 N–H and O–H groups in total. The van der Waals surface area contributed by atoms with Gasteiger partial charge >= 0.3 is 6.18 Å². The Kier molecular flexibility index (Phi) is 6.84. The van der Waals surface area contributed by atoms with Gasteiger partial charge in [-0.1, -0.05) is 17.7 Å². The normalized spacial score (nSPS) is 13.4. The predicted octanol–water partition coefficient (Wildman–Crippen LogP) is 3.60. The summed E-state index contributed by atoms with van der Waals surface area (Å²) in [7, 11) is 1.59. The Morgan fingerprint density at radius 2 is 1.96 bits per heavy atom. The third-order valence-electron chi connectivity index (χ3n) is 3.39. The van der Waals surface area contributed by atoms with Crippen LogP contribution in [0.25, 0.3) is 0 Å². The van der Waals surface area contributed by atoms with E-state index in [1.165, 1.54) is 0 Å². The summed E-state index contributed by atoms with van der Waals surface area (Å²) in [6, 6.07) is 7.75. The Labute approximate surface area is 154 Å². The van der Waals surface area contributed by atoms with Crippen LogP contribution in [0.3, 0.4) is 0 Å². The third kappa shape index (κ3) is 6.21. The molecule has 1 heterocycles. The number of guanidine groups is 1. The van der Waals surface area contributed by atoms with Gasteiger partial charge in [0.1, 0.15) is 16.9 Å². The number of alkyl halides is 3. The highest BCUT2D eigenvalue weighted by Gasteiger charge is 2.33. The molecule has 9 heteroatoms. The molecule has 0 aliphatic heterocycles. The average molecular weight is 386 g/mol. The number of hydrogen-bond donors (Lipinski definition) is 2. The first-order valence-corrected chi connectivity index (χ1v) is 8.85. The molecule has 0 saturated heterocycles. The summed E-state index contributed by atoms with van der Waals surface area (Å²) in [6.45, 7) is 4.56. The smallest absolute Gasteiger partial charge is 0.434 e. The molecule has 0 spiro atoms. The number of halogens is 3. The molecule has 2 rings (SSSR count). The van der Waals surface area contributed by atoms with E-state index in [1.54, 1.807) is 7.05 Å². The molecule has 1 atom stereocenters. The molecule has 26 heavy (non-hydrogen) atoms. The molecule has 0 fully saturated rings. The number of hydrogen-bond acceptors (Lipinski definition) is 4. The van der Waals surface area contributed by atoms with Crippen molar-refractivity contribution in [1.29, 1.82) is 0 Å². The highest BCUT2D eigenvalue weighted by Crippen LogP contribution is 2.29. The number of rotatable bonds is 6. The zero-order chi connectivity index (χ0) is 19.2. The number of aromatic nitrogens is 1. The van der Waals surface area contributed by atoms with Crippen molar-refractivity contribution in [1.82, 2.24) is 15.6 Å². The first-order valence-electron chi connectivity index (χ1n) is 7.97. The van der Waals surface area contributed by atoms with Crippen LogP contribution in [-0.4, -0.2) is 30.6 Å². The van der Waals surface area contributed by atoms with Gasteiger partial charge in [-0.05, 0) is 26.0 Å². The van der Waals surface area contributed by atoms with Crippen LogP contribution in [0.1, 0.15) is 23.2 Å². The molecule has 1 aromatic carbocycles. The lowest BCUT2D eigenvalue weighted by Gasteiger charge is -2.17. The molecular weight excluding hydrogens is 365 g/mol. The Morgan fingerprint density at radius 3 is 2.54 bits per heavy atom. The van der Waals surface area contributed by atoms with E-state index < -0.39 is 11.9 Å². The number of nitrogens with one attached hydrogen (secondary N) is 2. The van der Waals surface area contributed by atoms with Gasteiger partial charge in [0.2, 0.25) is 0 Å². The van der Waals surface area contributed by atoms with E-state index in [1.807, 2.05) is 38.1 Å². The summed E-state index contributed by atoms with van der Waals surface area (Å²) in [5.74, 6) is 1.24. The minimum absolute atomic E-state index is 0.118. The maximum absolute atomic E-state index is 12.6. The monoisotopic (exact) mass is 386 g/mol. The molecular formula is C17H21F3N4OS. The van der Waals surface area contributed by atoms with Gasteiger partial charge in [0.25, 0.3) is 0 Å². The average Bonchev–Trinajstić information content (AvgIpc) is 3.06. The zero-order valence-corrected chi connectivity index (χ0v) is 15.5. The molecule has 2 aromatic rings. The lowest BCUT2D eigenvalue weighted by Crippen LogP contribution is -2.41. The van der Waals surface area contributed by atoms with Crippen LogP contribution in [0.15, 0.2) is 34.6 Å². The largest absolute Gasteiger partial charge is 0.489 e. The lowest BCUT2D eigenvalue weighted by molar-refractivity contribution is -0.140. The van der Waals surface area contributed by atoms with Crippen LogP contribution in [0, 0.1) is 6.92 Å². The van der Waals surface area contributed by atoms with Crippen molar-refractivity contribution in [2.24, 2.45) is 4.99 Å². The summed E-state index contributed by atoms with van der Waals surface area (Å²) in [4.78, 5) is 7.61. The first kappa shape index (κ1) is 20.0. The molecule has 5 nitrogen and oxygen atoms in total. The summed E-state index contributed by atoms with van der Waals surface area (Å²) in [6.07, 6.45) is -4.54. The van der Waals surface area contributed by atoms with Crippen molar-refractivity contribution in [2.45, 2.75) is 32.7 Å². The lowest BCUT2D eigenvalue weighted by atomic mass is 10.2. The fourth-order valence-electron chi connectivity index (χ4n) is 2.03. The Morgan fingerprint density at radius 1 is 1.27 bits per heavy atom. The van der Waals surface area contributed by atoms with E-state index in [-0.39, 0.29) is 12.6 Å². The van der Waals surface area contributed by atoms with Gasteiger partial charge in [-0.2, -0.15) is 13.2 Å². The molecule has 1 aromatic heterocycles. The van der Waals surface area contributed by atoms with Crippen LogP contribution in [0.2, 0.25) is 0 Å². The van der Waals surface area contributed by atoms with Crippen molar-refractivity contribution in [3.63, 3.8) is 0 Å². The van der Waals surface area contributed by atoms with Crippen molar-refractivity contribution in [3.8, 4) is 5.75 Å². The fourth-order valence-corrected chi connectivity index (χ4v) is 2.77. The van der Waals surface area contributed by atoms with E-state index in [0.717, 1.165) is 28.0 Å². The van der Waals surface area contributed by atoms with Gasteiger partial charge in [0, 0.05) is 12.4 Å². The fraction of sp³-hybridized carbons (Fsp3) is 0.412. The van der Waals surface area contributed by atoms with Crippen LogP contribution in [-0.2, 0) is 12.7 Å². The van der Waals surface area contributed by atoms with Gasteiger partial charge in [-0.3, -0.25) is 4.99 Å². The van der Waals surface area contributed by atoms with Crippen LogP contribution >= 0.6 is 11.3 Å². The van der Waals surface area contributed by atoms with Gasteiger partial charge in [-0.15, -0.1) is 11.3 Å². The molecule has 0 radical (unpaired) electrons. The second-order valence-corrected chi connectivity index (χ2v) is 6.62. The third-order valence-corrected chi connectivity index (χ3v) is 4.24. The van der Waals surface area contributed by atoms with Crippen molar-refractivity contribution in [2.75, 3.05) is 13.6 Å². The van der Waals surface area contributed by atoms with E-state index >= 15 is 0 Å². The Balaban J connectivity index is 1.78. The van der Waals surface area contributed by atoms with Crippen LogP contribution < -0.4 is 15.4 Å². The molecule has 0 aliphatic carbocycles. The standard InChI is InChI=1S/C17H21F3N4OS/c1-11-4-6-13(7-5-11)25-12(2)8-22-16(21-3)23-9-15-24-14(10-26-15)17(18,19)20/h4-7,10,12H,8-9H2,1-3H3,(H2,21,22,23). The molecule has 142 valence electrons. The molecule has 0 aliphatic rings. The topological polar surface area (TPSA) is 58.5 Å². The van der Waals surface area contributed by atoms with Gasteiger partial charge in [-0.25, -0.2) is 4.98 Å². The second kappa shape index (κ2) is 8.88. The Hall–Kier alpha value is -2.29. The summed E-state index contributed by atoms with van der Waals surface area (Å²) >= 11 is 0.955. The number of aliphatic imine (C=N–C) groups is 1. The predicted molar refractivity (Wildman–Crippen MR) is 96.6 cm³/mol. The number of ether oxygens (including phenoxy) is 1. The quantitative estimate of drug-likeness (QED) is 0.588. The highest BCUT2D eigenvalue weighted by atomic mass is 32.1. The number of thiazole rings is 1. The first-order chi connectivity index (χ1) is 12.3. The number of benzene rings is 1. The number of aryl methyl sites for hydroxylation is 1. The van der Waals surface area contributed by atoms with Gasteiger partial charge < -0.3 is 15.4 Å². The zero-order valence-electron chi connectivity index (χ0n) is 14.7. The molecule has 0 amide bonds. The summed E-state index contributed by atoms with van der Waals surface area (Å²) in [5, 5.41) is 7.36. The summed E-state index contributed by atoms with van der Waals surface area (Å²) in [5.41, 5.74) is 0.283. The maximum Gasteiger partial charge on any atom is 0.434 e. The minimum Gasteiger partial charge on any atom is -0.489 e. The summed E-state index contributed by atoms with van der Waals surface area (Å²) < 4.78 is 43.4. The molecule has 0 bridgehead atoms. The van der Waals surface area contributed by atoms with E-state index in [2.05, 4.69) is 20.6 Å². The van der Waals surface area contributed by atoms with Crippen molar-refractivity contribution < 1.29 is 17.9 Å². The van der Waals surface area contributed by atoms with Crippen LogP contribution in [0.5, 0.6) is 5.75 Å².